The van der Waals surface area contributed by atoms with E-state index >= 15 is 0 Å². The van der Waals surface area contributed by atoms with Crippen LogP contribution in [0, 0.1) is 5.92 Å². The van der Waals surface area contributed by atoms with Crippen molar-refractivity contribution in [1.29, 1.82) is 0 Å². The first-order chi connectivity index (χ1) is 5.33. The Kier molecular flexibility index (Phi) is 3.87. The molecule has 1 aliphatic heterocycles. The topological polar surface area (TPSA) is 15.3 Å². The lowest BCUT2D eigenvalue weighted by molar-refractivity contribution is 0.207. The Labute approximate surface area is 70.0 Å². The fourth-order valence-corrected chi connectivity index (χ4v) is 1.79. The van der Waals surface area contributed by atoms with E-state index in [9.17, 15) is 0 Å². The van der Waals surface area contributed by atoms with Crippen molar-refractivity contribution in [3.05, 3.63) is 0 Å². The first kappa shape index (κ1) is 9.01. The number of nitrogens with zero attached hydrogens (tertiary/aromatic N) is 1. The zero-order chi connectivity index (χ0) is 8.10. The fourth-order valence-electron chi connectivity index (χ4n) is 1.79. The second kappa shape index (κ2) is 4.73. The second-order valence-electron chi connectivity index (χ2n) is 3.58. The monoisotopic (exact) mass is 156 g/mol. The number of nitrogens with one attached hydrogen (secondary N) is 1. The molecule has 1 atom stereocenters. The summed E-state index contributed by atoms with van der Waals surface area (Å²) in [5, 5.41) is 3.41. The average molecular weight is 156 g/mol. The predicted octanol–water partition coefficient (Wildman–Crippen LogP) is 0.938. The van der Waals surface area contributed by atoms with Gasteiger partial charge in [0.15, 0.2) is 0 Å². The highest BCUT2D eigenvalue weighted by atomic mass is 15.1. The van der Waals surface area contributed by atoms with Gasteiger partial charge in [0.2, 0.25) is 0 Å². The van der Waals surface area contributed by atoms with Crippen molar-refractivity contribution in [2.45, 2.75) is 19.8 Å². The summed E-state index contributed by atoms with van der Waals surface area (Å²) in [7, 11) is 2.22. The standard InChI is InChI=1S/C9H20N2/c1-3-10-7-9-5-4-6-11(2)8-9/h9-10H,3-8H2,1-2H3/t9-/m1/s1. The van der Waals surface area contributed by atoms with Gasteiger partial charge < -0.3 is 10.2 Å². The first-order valence-electron chi connectivity index (χ1n) is 4.72. The maximum atomic E-state index is 3.41. The summed E-state index contributed by atoms with van der Waals surface area (Å²) in [4.78, 5) is 2.44. The van der Waals surface area contributed by atoms with Gasteiger partial charge in [-0.2, -0.15) is 0 Å². The Balaban J connectivity index is 2.12. The Morgan fingerprint density at radius 1 is 1.55 bits per heavy atom. The van der Waals surface area contributed by atoms with Crippen molar-refractivity contribution in [2.24, 2.45) is 5.92 Å². The molecule has 0 bridgehead atoms. The van der Waals surface area contributed by atoms with E-state index in [1.807, 2.05) is 0 Å². The van der Waals surface area contributed by atoms with Crippen molar-refractivity contribution in [3.63, 3.8) is 0 Å². The van der Waals surface area contributed by atoms with Gasteiger partial charge in [-0.1, -0.05) is 6.92 Å². The summed E-state index contributed by atoms with van der Waals surface area (Å²) in [6.07, 6.45) is 2.80. The molecule has 1 heterocycles. The Morgan fingerprint density at radius 2 is 2.36 bits per heavy atom. The van der Waals surface area contributed by atoms with E-state index in [4.69, 9.17) is 0 Å². The molecule has 0 spiro atoms. The van der Waals surface area contributed by atoms with Gasteiger partial charge in [0.25, 0.3) is 0 Å². The van der Waals surface area contributed by atoms with Gasteiger partial charge in [0.1, 0.15) is 0 Å². The minimum Gasteiger partial charge on any atom is -0.317 e. The largest absolute Gasteiger partial charge is 0.317 e. The first-order valence-corrected chi connectivity index (χ1v) is 4.72. The molecule has 1 rings (SSSR count). The Morgan fingerprint density at radius 3 is 3.00 bits per heavy atom. The Hall–Kier alpha value is -0.0800. The summed E-state index contributed by atoms with van der Waals surface area (Å²) < 4.78 is 0. The highest BCUT2D eigenvalue weighted by molar-refractivity contribution is 4.71. The molecule has 0 aromatic carbocycles. The summed E-state index contributed by atoms with van der Waals surface area (Å²) in [5.74, 6) is 0.897. The van der Waals surface area contributed by atoms with Crippen LogP contribution in [0.3, 0.4) is 0 Å². The van der Waals surface area contributed by atoms with Gasteiger partial charge in [0, 0.05) is 6.54 Å². The van der Waals surface area contributed by atoms with Crippen molar-refractivity contribution in [2.75, 3.05) is 33.2 Å². The zero-order valence-corrected chi connectivity index (χ0v) is 7.77. The summed E-state index contributed by atoms with van der Waals surface area (Å²) in [5.41, 5.74) is 0. The number of hydrogen-bond donors (Lipinski definition) is 1. The number of rotatable bonds is 3. The van der Waals surface area contributed by atoms with E-state index in [-0.39, 0.29) is 0 Å². The van der Waals surface area contributed by atoms with Crippen LogP contribution in [0.1, 0.15) is 19.8 Å². The molecule has 2 heteroatoms. The van der Waals surface area contributed by atoms with Crippen molar-refractivity contribution < 1.29 is 0 Å². The summed E-state index contributed by atoms with van der Waals surface area (Å²) in [6, 6.07) is 0. The lowest BCUT2D eigenvalue weighted by Gasteiger charge is -2.29. The predicted molar refractivity (Wildman–Crippen MR) is 48.8 cm³/mol. The second-order valence-corrected chi connectivity index (χ2v) is 3.58. The van der Waals surface area contributed by atoms with Gasteiger partial charge in [-0.3, -0.25) is 0 Å². The van der Waals surface area contributed by atoms with Crippen LogP contribution in [0.2, 0.25) is 0 Å². The lowest BCUT2D eigenvalue weighted by Crippen LogP contribution is -2.37. The highest BCUT2D eigenvalue weighted by Gasteiger charge is 2.15. The molecule has 0 radical (unpaired) electrons. The Bertz CT molecular complexity index is 104. The third-order valence-corrected chi connectivity index (χ3v) is 2.41. The zero-order valence-electron chi connectivity index (χ0n) is 7.77. The van der Waals surface area contributed by atoms with E-state index in [0.29, 0.717) is 0 Å². The quantitative estimate of drug-likeness (QED) is 0.654. The van der Waals surface area contributed by atoms with Gasteiger partial charge in [-0.15, -0.1) is 0 Å². The van der Waals surface area contributed by atoms with E-state index in [2.05, 4.69) is 24.2 Å². The van der Waals surface area contributed by atoms with E-state index in [1.165, 1.54) is 32.5 Å². The van der Waals surface area contributed by atoms with E-state index in [1.54, 1.807) is 0 Å². The molecule has 0 unspecified atom stereocenters. The minimum absolute atomic E-state index is 0.897. The fraction of sp³-hybridized carbons (Fsp3) is 1.00. The van der Waals surface area contributed by atoms with Crippen LogP contribution in [0.15, 0.2) is 0 Å². The molecule has 0 aromatic rings. The maximum Gasteiger partial charge on any atom is 0.00187 e. The third kappa shape index (κ3) is 3.21. The molecular formula is C9H20N2. The van der Waals surface area contributed by atoms with E-state index in [0.717, 1.165) is 12.5 Å². The van der Waals surface area contributed by atoms with Crippen molar-refractivity contribution >= 4 is 0 Å². The average Bonchev–Trinajstić information content (AvgIpc) is 2.01. The number of hydrogen-bond acceptors (Lipinski definition) is 2. The third-order valence-electron chi connectivity index (χ3n) is 2.41. The SMILES string of the molecule is CCNC[C@H]1CCCN(C)C1. The number of likely N-dealkylation sites (tertiary alicyclic amines) is 1. The van der Waals surface area contributed by atoms with Crippen LogP contribution in [0.5, 0.6) is 0 Å². The molecule has 1 aliphatic rings. The molecule has 0 aromatic heterocycles. The van der Waals surface area contributed by atoms with Crippen LogP contribution in [0.4, 0.5) is 0 Å². The van der Waals surface area contributed by atoms with Crippen LogP contribution in [0.25, 0.3) is 0 Å². The van der Waals surface area contributed by atoms with Gasteiger partial charge in [-0.25, -0.2) is 0 Å². The molecule has 2 nitrogen and oxygen atoms in total. The van der Waals surface area contributed by atoms with Gasteiger partial charge in [-0.05, 0) is 45.4 Å². The molecule has 1 saturated heterocycles. The highest BCUT2D eigenvalue weighted by Crippen LogP contribution is 2.13. The van der Waals surface area contributed by atoms with Crippen molar-refractivity contribution in [1.82, 2.24) is 10.2 Å². The van der Waals surface area contributed by atoms with Gasteiger partial charge >= 0.3 is 0 Å². The van der Waals surface area contributed by atoms with Gasteiger partial charge in [0.05, 0.1) is 0 Å². The maximum absolute atomic E-state index is 3.41. The molecule has 0 aliphatic carbocycles. The normalized spacial score (nSPS) is 27.3. The van der Waals surface area contributed by atoms with Crippen molar-refractivity contribution in [3.8, 4) is 0 Å². The lowest BCUT2D eigenvalue weighted by atomic mass is 9.99. The van der Waals surface area contributed by atoms with Crippen LogP contribution in [-0.4, -0.2) is 38.1 Å². The minimum atomic E-state index is 0.897. The summed E-state index contributed by atoms with van der Waals surface area (Å²) in [6.45, 7) is 7.07. The van der Waals surface area contributed by atoms with Crippen LogP contribution >= 0.6 is 0 Å². The number of piperidine rings is 1. The van der Waals surface area contributed by atoms with Crippen LogP contribution in [-0.2, 0) is 0 Å². The molecule has 0 saturated carbocycles. The molecule has 1 fully saturated rings. The van der Waals surface area contributed by atoms with E-state index < -0.39 is 0 Å². The smallest absolute Gasteiger partial charge is 0.00187 e. The molecule has 0 amide bonds. The molecule has 11 heavy (non-hydrogen) atoms. The van der Waals surface area contributed by atoms with Crippen LogP contribution < -0.4 is 5.32 Å². The summed E-state index contributed by atoms with van der Waals surface area (Å²) >= 11 is 0. The molecular weight excluding hydrogens is 136 g/mol. The molecule has 66 valence electrons. The molecule has 1 N–H and O–H groups in total.